The second-order valence-corrected chi connectivity index (χ2v) is 6.56. The van der Waals surface area contributed by atoms with Gasteiger partial charge < -0.3 is 10.1 Å². The molecule has 1 N–H and O–H groups in total. The summed E-state index contributed by atoms with van der Waals surface area (Å²) in [6.45, 7) is 6.20. The highest BCUT2D eigenvalue weighted by Crippen LogP contribution is 2.36. The number of halogens is 1. The van der Waals surface area contributed by atoms with E-state index in [1.165, 1.54) is 24.8 Å². The third-order valence-electron chi connectivity index (χ3n) is 3.87. The molecule has 0 heterocycles. The van der Waals surface area contributed by atoms with Gasteiger partial charge in [-0.15, -0.1) is 0 Å². The van der Waals surface area contributed by atoms with Gasteiger partial charge in [0.2, 0.25) is 0 Å². The van der Waals surface area contributed by atoms with E-state index in [1.54, 1.807) is 0 Å². The topological polar surface area (TPSA) is 21.3 Å². The van der Waals surface area contributed by atoms with Gasteiger partial charge in [0.1, 0.15) is 0 Å². The minimum absolute atomic E-state index is 0.371. The van der Waals surface area contributed by atoms with Crippen molar-refractivity contribution in [2.45, 2.75) is 51.7 Å². The van der Waals surface area contributed by atoms with Crippen molar-refractivity contribution >= 4 is 15.9 Å². The molecule has 1 aliphatic carbocycles. The van der Waals surface area contributed by atoms with Crippen molar-refractivity contribution in [1.29, 1.82) is 0 Å². The zero-order valence-corrected chi connectivity index (χ0v) is 14.2. The molecule has 1 fully saturated rings. The molecule has 2 rings (SSSR count). The van der Waals surface area contributed by atoms with Crippen molar-refractivity contribution in [3.8, 4) is 0 Å². The fourth-order valence-corrected chi connectivity index (χ4v) is 2.97. The largest absolute Gasteiger partial charge is 0.377 e. The van der Waals surface area contributed by atoms with Crippen LogP contribution in [-0.4, -0.2) is 25.3 Å². The number of hydrogen-bond donors (Lipinski definition) is 1. The predicted octanol–water partition coefficient (Wildman–Crippen LogP) is 4.17. The Morgan fingerprint density at radius 2 is 1.95 bits per heavy atom. The lowest BCUT2D eigenvalue weighted by Gasteiger charge is -2.28. The molecule has 2 nitrogen and oxygen atoms in total. The van der Waals surface area contributed by atoms with Crippen molar-refractivity contribution in [3.05, 3.63) is 34.3 Å². The van der Waals surface area contributed by atoms with Gasteiger partial charge in [-0.05, 0) is 62.8 Å². The Morgan fingerprint density at radius 1 is 1.25 bits per heavy atom. The lowest BCUT2D eigenvalue weighted by molar-refractivity contribution is 0.0192. The van der Waals surface area contributed by atoms with Crippen LogP contribution in [0.15, 0.2) is 28.7 Å². The molecule has 0 amide bonds. The van der Waals surface area contributed by atoms with Crippen LogP contribution in [0.4, 0.5) is 0 Å². The van der Waals surface area contributed by atoms with Crippen LogP contribution in [0.5, 0.6) is 0 Å². The molecule has 2 atom stereocenters. The summed E-state index contributed by atoms with van der Waals surface area (Å²) in [4.78, 5) is 0. The van der Waals surface area contributed by atoms with Gasteiger partial charge in [0, 0.05) is 17.1 Å². The predicted molar refractivity (Wildman–Crippen MR) is 88.1 cm³/mol. The summed E-state index contributed by atoms with van der Waals surface area (Å²) in [5.74, 6) is 0.764. The molecule has 0 spiro atoms. The van der Waals surface area contributed by atoms with Crippen LogP contribution < -0.4 is 5.32 Å². The molecule has 112 valence electrons. The van der Waals surface area contributed by atoms with Crippen LogP contribution in [0.25, 0.3) is 0 Å². The fourth-order valence-electron chi connectivity index (χ4n) is 2.71. The van der Waals surface area contributed by atoms with E-state index in [2.05, 4.69) is 59.4 Å². The lowest BCUT2D eigenvalue weighted by atomic mass is 9.98. The molecule has 20 heavy (non-hydrogen) atoms. The molecule has 1 aromatic rings. The Balaban J connectivity index is 2.02. The summed E-state index contributed by atoms with van der Waals surface area (Å²) in [7, 11) is 0. The monoisotopic (exact) mass is 339 g/mol. The summed E-state index contributed by atoms with van der Waals surface area (Å²) in [5, 5.41) is 3.70. The van der Waals surface area contributed by atoms with Crippen LogP contribution in [0.3, 0.4) is 0 Å². The summed E-state index contributed by atoms with van der Waals surface area (Å²) >= 11 is 3.50. The van der Waals surface area contributed by atoms with Crippen molar-refractivity contribution in [2.75, 3.05) is 13.2 Å². The second kappa shape index (κ2) is 8.16. The summed E-state index contributed by atoms with van der Waals surface area (Å²) < 4.78 is 7.19. The van der Waals surface area contributed by atoms with Crippen LogP contribution in [0.1, 0.15) is 38.7 Å². The maximum Gasteiger partial charge on any atom is 0.0759 e. The molecule has 0 bridgehead atoms. The molecule has 1 saturated carbocycles. The first-order valence-corrected chi connectivity index (χ1v) is 8.63. The lowest BCUT2D eigenvalue weighted by Crippen LogP contribution is -2.44. The van der Waals surface area contributed by atoms with Gasteiger partial charge in [0.15, 0.2) is 0 Å². The average Bonchev–Trinajstić information content (AvgIpc) is 3.28. The molecule has 0 aromatic heterocycles. The molecule has 0 aliphatic heterocycles. The van der Waals surface area contributed by atoms with E-state index in [9.17, 15) is 0 Å². The molecular weight excluding hydrogens is 314 g/mol. The number of rotatable bonds is 9. The van der Waals surface area contributed by atoms with Gasteiger partial charge in [-0.1, -0.05) is 35.0 Å². The Labute approximate surface area is 131 Å². The fraction of sp³-hybridized carbons (Fsp3) is 0.647. The van der Waals surface area contributed by atoms with Gasteiger partial charge in [-0.25, -0.2) is 0 Å². The highest BCUT2D eigenvalue weighted by Gasteiger charge is 2.36. The highest BCUT2D eigenvalue weighted by molar-refractivity contribution is 9.10. The zero-order valence-electron chi connectivity index (χ0n) is 12.6. The highest BCUT2D eigenvalue weighted by atomic mass is 79.9. The van der Waals surface area contributed by atoms with Crippen LogP contribution >= 0.6 is 15.9 Å². The SMILES string of the molecule is CCCNC(Cc1ccc(Br)cc1)C(OCC)C1CC1. The van der Waals surface area contributed by atoms with E-state index >= 15 is 0 Å². The summed E-state index contributed by atoms with van der Waals surface area (Å²) in [5.41, 5.74) is 1.38. The minimum Gasteiger partial charge on any atom is -0.377 e. The van der Waals surface area contributed by atoms with Crippen molar-refractivity contribution in [3.63, 3.8) is 0 Å². The third-order valence-corrected chi connectivity index (χ3v) is 4.40. The zero-order chi connectivity index (χ0) is 14.4. The van der Waals surface area contributed by atoms with Gasteiger partial charge >= 0.3 is 0 Å². The van der Waals surface area contributed by atoms with Crippen molar-refractivity contribution in [1.82, 2.24) is 5.32 Å². The van der Waals surface area contributed by atoms with E-state index in [1.807, 2.05) is 0 Å². The number of benzene rings is 1. The standard InChI is InChI=1S/C17H26BrNO/c1-3-11-19-16(17(20-4-2)14-7-8-14)12-13-5-9-15(18)10-6-13/h5-6,9-10,14,16-17,19H,3-4,7-8,11-12H2,1-2H3. The van der Waals surface area contributed by atoms with E-state index in [0.29, 0.717) is 12.1 Å². The van der Waals surface area contributed by atoms with Gasteiger partial charge in [0.05, 0.1) is 6.10 Å². The van der Waals surface area contributed by atoms with Gasteiger partial charge in [0.25, 0.3) is 0 Å². The first kappa shape index (κ1) is 16.0. The van der Waals surface area contributed by atoms with E-state index in [-0.39, 0.29) is 0 Å². The molecule has 1 aliphatic rings. The van der Waals surface area contributed by atoms with Crippen LogP contribution in [-0.2, 0) is 11.2 Å². The smallest absolute Gasteiger partial charge is 0.0759 e. The third kappa shape index (κ3) is 4.87. The molecule has 0 saturated heterocycles. The Hall–Kier alpha value is -0.380. The van der Waals surface area contributed by atoms with E-state index in [4.69, 9.17) is 4.74 Å². The number of ether oxygens (including phenoxy) is 1. The summed E-state index contributed by atoms with van der Waals surface area (Å²) in [6.07, 6.45) is 5.24. The first-order chi connectivity index (χ1) is 9.74. The van der Waals surface area contributed by atoms with Gasteiger partial charge in [-0.3, -0.25) is 0 Å². The van der Waals surface area contributed by atoms with Gasteiger partial charge in [-0.2, -0.15) is 0 Å². The maximum atomic E-state index is 6.05. The first-order valence-electron chi connectivity index (χ1n) is 7.84. The van der Waals surface area contributed by atoms with Crippen molar-refractivity contribution < 1.29 is 4.74 Å². The molecule has 0 radical (unpaired) electrons. The Bertz CT molecular complexity index is 388. The van der Waals surface area contributed by atoms with Crippen molar-refractivity contribution in [2.24, 2.45) is 5.92 Å². The van der Waals surface area contributed by atoms with E-state index in [0.717, 1.165) is 30.0 Å². The Morgan fingerprint density at radius 3 is 2.50 bits per heavy atom. The average molecular weight is 340 g/mol. The maximum absolute atomic E-state index is 6.05. The minimum atomic E-state index is 0.371. The van der Waals surface area contributed by atoms with Crippen LogP contribution in [0.2, 0.25) is 0 Å². The number of nitrogens with one attached hydrogen (secondary N) is 1. The van der Waals surface area contributed by atoms with E-state index < -0.39 is 0 Å². The summed E-state index contributed by atoms with van der Waals surface area (Å²) in [6, 6.07) is 9.10. The molecular formula is C17H26BrNO. The quantitative estimate of drug-likeness (QED) is 0.728. The molecule has 3 heteroatoms. The molecule has 1 aromatic carbocycles. The second-order valence-electron chi connectivity index (χ2n) is 5.65. The normalized spacial score (nSPS) is 17.9. The Kier molecular flexibility index (Phi) is 6.53. The molecule has 2 unspecified atom stereocenters. The number of hydrogen-bond acceptors (Lipinski definition) is 2. The van der Waals surface area contributed by atoms with Crippen LogP contribution in [0, 0.1) is 5.92 Å².